The maximum Gasteiger partial charge on any atom is 0.341 e. The molecular weight excluding hydrogens is 194 g/mol. The lowest BCUT2D eigenvalue weighted by Crippen LogP contribution is -2.23. The van der Waals surface area contributed by atoms with Crippen LogP contribution in [0.25, 0.3) is 0 Å². The van der Waals surface area contributed by atoms with Crippen LogP contribution < -0.4 is 0 Å². The smallest absolute Gasteiger partial charge is 0.341 e. The first-order valence-electron chi connectivity index (χ1n) is 5.17. The van der Waals surface area contributed by atoms with Crippen molar-refractivity contribution in [1.82, 2.24) is 4.90 Å². The van der Waals surface area contributed by atoms with E-state index in [9.17, 15) is 9.59 Å². The molecule has 84 valence electrons. The van der Waals surface area contributed by atoms with Crippen LogP contribution in [0.4, 0.5) is 0 Å². The number of hydrogen-bond acceptors (Lipinski definition) is 3. The van der Waals surface area contributed by atoms with Gasteiger partial charge in [-0.3, -0.25) is 4.79 Å². The molecule has 1 rings (SSSR count). The summed E-state index contributed by atoms with van der Waals surface area (Å²) in [7, 11) is 3.53. The quantitative estimate of drug-likeness (QED) is 0.423. The molecule has 0 spiro atoms. The van der Waals surface area contributed by atoms with Gasteiger partial charge in [0, 0.05) is 25.7 Å². The van der Waals surface area contributed by atoms with Crippen LogP contribution in [0.3, 0.4) is 0 Å². The highest BCUT2D eigenvalue weighted by Gasteiger charge is 2.36. The highest BCUT2D eigenvalue weighted by Crippen LogP contribution is 2.33. The van der Waals surface area contributed by atoms with E-state index in [4.69, 9.17) is 5.11 Å². The van der Waals surface area contributed by atoms with E-state index in [2.05, 4.69) is 0 Å². The average molecular weight is 211 g/mol. The Kier molecular flexibility index (Phi) is 3.50. The number of carbonyl (C=O) groups excluding carboxylic acids is 1. The fourth-order valence-electron chi connectivity index (χ4n) is 1.64. The first kappa shape index (κ1) is 11.8. The summed E-state index contributed by atoms with van der Waals surface area (Å²) in [4.78, 5) is 24.6. The fraction of sp³-hybridized carbons (Fsp3) is 0.636. The highest BCUT2D eigenvalue weighted by atomic mass is 16.4. The molecule has 1 N–H and O–H groups in total. The Balaban J connectivity index is 3.07. The zero-order chi connectivity index (χ0) is 11.6. The summed E-state index contributed by atoms with van der Waals surface area (Å²) in [6.07, 6.45) is 2.23. The maximum absolute atomic E-state index is 11.8. The third kappa shape index (κ3) is 2.58. The van der Waals surface area contributed by atoms with Crippen molar-refractivity contribution >= 4 is 11.8 Å². The second-order valence-corrected chi connectivity index (χ2v) is 4.01. The molecule has 0 amide bonds. The number of aliphatic carboxylic acids is 1. The van der Waals surface area contributed by atoms with Gasteiger partial charge < -0.3 is 10.0 Å². The molecule has 1 saturated carbocycles. The Morgan fingerprint density at radius 3 is 2.13 bits per heavy atom. The maximum atomic E-state index is 11.8. The lowest BCUT2D eigenvalue weighted by atomic mass is 10.0. The summed E-state index contributed by atoms with van der Waals surface area (Å²) < 4.78 is 0. The first-order valence-corrected chi connectivity index (χ1v) is 5.17. The van der Waals surface area contributed by atoms with Gasteiger partial charge in [-0.1, -0.05) is 6.92 Å². The molecule has 0 atom stereocenters. The van der Waals surface area contributed by atoms with Crippen molar-refractivity contribution in [3.8, 4) is 0 Å². The van der Waals surface area contributed by atoms with Crippen molar-refractivity contribution in [3.05, 3.63) is 11.3 Å². The molecule has 4 nitrogen and oxygen atoms in total. The molecule has 0 unspecified atom stereocenters. The van der Waals surface area contributed by atoms with Crippen LogP contribution in [0.1, 0.15) is 26.2 Å². The SMILES string of the molecule is CCC(=C(C(=O)O)C(=O)C1CC1)N(C)C. The van der Waals surface area contributed by atoms with E-state index < -0.39 is 5.97 Å². The topological polar surface area (TPSA) is 57.6 Å². The van der Waals surface area contributed by atoms with Crippen LogP contribution in [0.5, 0.6) is 0 Å². The Hall–Kier alpha value is -1.32. The van der Waals surface area contributed by atoms with E-state index in [1.54, 1.807) is 19.0 Å². The van der Waals surface area contributed by atoms with E-state index in [0.717, 1.165) is 12.8 Å². The number of Topliss-reactive ketones (excluding diaryl/α,β-unsaturated/α-hetero) is 1. The van der Waals surface area contributed by atoms with Crippen molar-refractivity contribution in [3.63, 3.8) is 0 Å². The second-order valence-electron chi connectivity index (χ2n) is 4.01. The molecule has 0 saturated heterocycles. The molecule has 1 aliphatic rings. The van der Waals surface area contributed by atoms with Gasteiger partial charge in [-0.25, -0.2) is 4.79 Å². The number of ketones is 1. The third-order valence-electron chi connectivity index (χ3n) is 2.57. The zero-order valence-electron chi connectivity index (χ0n) is 9.41. The number of allylic oxidation sites excluding steroid dienone is 1. The van der Waals surface area contributed by atoms with Crippen molar-refractivity contribution in [2.75, 3.05) is 14.1 Å². The summed E-state index contributed by atoms with van der Waals surface area (Å²) in [6.45, 7) is 1.86. The summed E-state index contributed by atoms with van der Waals surface area (Å²) in [5, 5.41) is 9.07. The molecule has 0 aromatic carbocycles. The molecule has 0 bridgehead atoms. The molecule has 0 aromatic heterocycles. The summed E-state index contributed by atoms with van der Waals surface area (Å²) in [5.74, 6) is -1.34. The van der Waals surface area contributed by atoms with Gasteiger partial charge in [0.2, 0.25) is 0 Å². The first-order chi connectivity index (χ1) is 6.99. The number of hydrogen-bond donors (Lipinski definition) is 1. The van der Waals surface area contributed by atoms with Crippen molar-refractivity contribution in [2.45, 2.75) is 26.2 Å². The van der Waals surface area contributed by atoms with Gasteiger partial charge in [0.15, 0.2) is 5.78 Å². The van der Waals surface area contributed by atoms with Crippen LogP contribution in [-0.2, 0) is 9.59 Å². The van der Waals surface area contributed by atoms with E-state index in [-0.39, 0.29) is 17.3 Å². The van der Waals surface area contributed by atoms with Gasteiger partial charge in [-0.15, -0.1) is 0 Å². The van der Waals surface area contributed by atoms with Crippen LogP contribution >= 0.6 is 0 Å². The number of carboxylic acid groups (broad SMARTS) is 1. The standard InChI is InChI=1S/C11H17NO3/c1-4-8(12(2)3)9(11(14)15)10(13)7-5-6-7/h7H,4-6H2,1-3H3,(H,14,15). The number of rotatable bonds is 5. The third-order valence-corrected chi connectivity index (χ3v) is 2.57. The van der Waals surface area contributed by atoms with Gasteiger partial charge in [0.25, 0.3) is 0 Å². The normalized spacial score (nSPS) is 17.0. The predicted molar refractivity (Wildman–Crippen MR) is 56.4 cm³/mol. The number of carboxylic acids is 1. The largest absolute Gasteiger partial charge is 0.477 e. The summed E-state index contributed by atoms with van der Waals surface area (Å²) in [5.41, 5.74) is 0.587. The highest BCUT2D eigenvalue weighted by molar-refractivity contribution is 6.18. The summed E-state index contributed by atoms with van der Waals surface area (Å²) in [6, 6.07) is 0. The van der Waals surface area contributed by atoms with Crippen LogP contribution in [0.2, 0.25) is 0 Å². The fourth-order valence-corrected chi connectivity index (χ4v) is 1.64. The zero-order valence-corrected chi connectivity index (χ0v) is 9.41. The monoisotopic (exact) mass is 211 g/mol. The molecule has 1 fully saturated rings. The predicted octanol–water partition coefficient (Wildman–Crippen LogP) is 1.28. The number of nitrogens with zero attached hydrogens (tertiary/aromatic N) is 1. The van der Waals surface area contributed by atoms with Gasteiger partial charge in [0.05, 0.1) is 0 Å². The molecule has 0 aromatic rings. The Labute approximate surface area is 89.6 Å². The lowest BCUT2D eigenvalue weighted by Gasteiger charge is -2.18. The molecule has 4 heteroatoms. The molecule has 0 heterocycles. The van der Waals surface area contributed by atoms with Gasteiger partial charge in [-0.05, 0) is 19.3 Å². The Morgan fingerprint density at radius 2 is 1.87 bits per heavy atom. The Bertz CT molecular complexity index is 314. The van der Waals surface area contributed by atoms with Crippen LogP contribution in [0, 0.1) is 5.92 Å². The second kappa shape index (κ2) is 4.47. The van der Waals surface area contributed by atoms with Gasteiger partial charge >= 0.3 is 5.97 Å². The molecule has 0 aliphatic heterocycles. The minimum Gasteiger partial charge on any atom is -0.477 e. The van der Waals surface area contributed by atoms with Crippen LogP contribution in [0.15, 0.2) is 11.3 Å². The number of carbonyl (C=O) groups is 2. The average Bonchev–Trinajstić information content (AvgIpc) is 2.94. The van der Waals surface area contributed by atoms with E-state index in [1.165, 1.54) is 0 Å². The van der Waals surface area contributed by atoms with E-state index in [1.807, 2.05) is 6.92 Å². The summed E-state index contributed by atoms with van der Waals surface area (Å²) >= 11 is 0. The molecule has 15 heavy (non-hydrogen) atoms. The van der Waals surface area contributed by atoms with E-state index >= 15 is 0 Å². The van der Waals surface area contributed by atoms with Gasteiger partial charge in [0.1, 0.15) is 5.57 Å². The lowest BCUT2D eigenvalue weighted by molar-refractivity contribution is -0.135. The molecule has 1 aliphatic carbocycles. The van der Waals surface area contributed by atoms with Crippen molar-refractivity contribution in [2.24, 2.45) is 5.92 Å². The molecule has 0 radical (unpaired) electrons. The van der Waals surface area contributed by atoms with Crippen LogP contribution in [-0.4, -0.2) is 35.9 Å². The Morgan fingerprint density at radius 1 is 1.33 bits per heavy atom. The van der Waals surface area contributed by atoms with Crippen molar-refractivity contribution < 1.29 is 14.7 Å². The van der Waals surface area contributed by atoms with E-state index in [0.29, 0.717) is 12.1 Å². The van der Waals surface area contributed by atoms with Gasteiger partial charge in [-0.2, -0.15) is 0 Å². The van der Waals surface area contributed by atoms with Crippen molar-refractivity contribution in [1.29, 1.82) is 0 Å². The minimum atomic E-state index is -1.10. The minimum absolute atomic E-state index is 0.0231. The molecular formula is C11H17NO3.